The fourth-order valence-electron chi connectivity index (χ4n) is 2.49. The van der Waals surface area contributed by atoms with Crippen molar-refractivity contribution in [3.05, 3.63) is 27.3 Å². The van der Waals surface area contributed by atoms with Gasteiger partial charge in [-0.25, -0.2) is 0 Å². The van der Waals surface area contributed by atoms with E-state index in [9.17, 15) is 4.79 Å². The summed E-state index contributed by atoms with van der Waals surface area (Å²) in [6, 6.07) is 5.95. The number of carbonyl (C=O) groups is 1. The molecule has 20 heavy (non-hydrogen) atoms. The molecule has 1 aliphatic rings. The van der Waals surface area contributed by atoms with Crippen molar-refractivity contribution in [2.75, 3.05) is 32.6 Å². The molecule has 3 nitrogen and oxygen atoms in total. The van der Waals surface area contributed by atoms with Gasteiger partial charge in [-0.15, -0.1) is 11.8 Å². The van der Waals surface area contributed by atoms with Crippen LogP contribution in [0.25, 0.3) is 0 Å². The second kappa shape index (κ2) is 6.77. The smallest absolute Gasteiger partial charge is 0.183 e. The number of thioether (sulfide) groups is 1. The molecule has 1 aromatic rings. The van der Waals surface area contributed by atoms with Gasteiger partial charge in [-0.3, -0.25) is 9.69 Å². The SMILES string of the molecule is CSc1c(I)cccc1C(=O)C(C)(C)N1CCOCC1. The first-order chi connectivity index (χ1) is 9.48. The van der Waals surface area contributed by atoms with Gasteiger partial charge in [-0.2, -0.15) is 0 Å². The summed E-state index contributed by atoms with van der Waals surface area (Å²) in [5, 5.41) is 0. The molecule has 5 heteroatoms. The number of Topliss-reactive ketones (excluding diaryl/α,β-unsaturated/α-hetero) is 1. The molecule has 0 saturated carbocycles. The number of hydrogen-bond acceptors (Lipinski definition) is 4. The van der Waals surface area contributed by atoms with Crippen molar-refractivity contribution in [1.29, 1.82) is 0 Å². The minimum absolute atomic E-state index is 0.197. The number of hydrogen-bond donors (Lipinski definition) is 0. The summed E-state index contributed by atoms with van der Waals surface area (Å²) in [4.78, 5) is 16.3. The van der Waals surface area contributed by atoms with E-state index in [2.05, 4.69) is 27.5 Å². The van der Waals surface area contributed by atoms with Crippen molar-refractivity contribution < 1.29 is 9.53 Å². The molecule has 1 aliphatic heterocycles. The fraction of sp³-hybridized carbons (Fsp3) is 0.533. The summed E-state index contributed by atoms with van der Waals surface area (Å²) in [6.45, 7) is 7.08. The van der Waals surface area contributed by atoms with Crippen LogP contribution in [0, 0.1) is 3.57 Å². The Labute approximate surface area is 138 Å². The molecule has 0 spiro atoms. The van der Waals surface area contributed by atoms with Crippen LogP contribution in [0.1, 0.15) is 24.2 Å². The second-order valence-electron chi connectivity index (χ2n) is 5.31. The van der Waals surface area contributed by atoms with E-state index >= 15 is 0 Å². The number of morpholine rings is 1. The maximum atomic E-state index is 13.0. The molecule has 2 rings (SSSR count). The Bertz CT molecular complexity index is 499. The Balaban J connectivity index is 2.32. The van der Waals surface area contributed by atoms with Gasteiger partial charge in [0, 0.05) is 27.1 Å². The lowest BCUT2D eigenvalue weighted by Crippen LogP contribution is -2.54. The molecule has 1 fully saturated rings. The number of rotatable bonds is 4. The Morgan fingerprint density at radius 1 is 1.35 bits per heavy atom. The van der Waals surface area contributed by atoms with E-state index in [0.717, 1.165) is 27.1 Å². The zero-order valence-corrected chi connectivity index (χ0v) is 15.1. The molecule has 0 aromatic heterocycles. The van der Waals surface area contributed by atoms with E-state index in [0.29, 0.717) is 13.2 Å². The van der Waals surface area contributed by atoms with E-state index in [1.54, 1.807) is 11.8 Å². The van der Waals surface area contributed by atoms with Crippen molar-refractivity contribution in [3.63, 3.8) is 0 Å². The molecule has 1 aromatic carbocycles. The largest absolute Gasteiger partial charge is 0.379 e. The van der Waals surface area contributed by atoms with Gasteiger partial charge in [-0.05, 0) is 48.8 Å². The molecule has 0 bridgehead atoms. The lowest BCUT2D eigenvalue weighted by Gasteiger charge is -2.39. The van der Waals surface area contributed by atoms with Crippen LogP contribution in [0.3, 0.4) is 0 Å². The van der Waals surface area contributed by atoms with Crippen molar-refractivity contribution in [1.82, 2.24) is 4.90 Å². The first-order valence-corrected chi connectivity index (χ1v) is 8.99. The molecular weight excluding hydrogens is 385 g/mol. The molecule has 1 saturated heterocycles. The lowest BCUT2D eigenvalue weighted by molar-refractivity contribution is -0.00440. The topological polar surface area (TPSA) is 29.5 Å². The van der Waals surface area contributed by atoms with E-state index in [-0.39, 0.29) is 5.78 Å². The number of ether oxygens (including phenoxy) is 1. The van der Waals surface area contributed by atoms with Crippen LogP contribution >= 0.6 is 34.4 Å². The quantitative estimate of drug-likeness (QED) is 0.437. The first-order valence-electron chi connectivity index (χ1n) is 6.68. The monoisotopic (exact) mass is 405 g/mol. The normalized spacial score (nSPS) is 17.2. The zero-order chi connectivity index (χ0) is 14.8. The van der Waals surface area contributed by atoms with Crippen molar-refractivity contribution in [3.8, 4) is 0 Å². The minimum Gasteiger partial charge on any atom is -0.379 e. The minimum atomic E-state index is -0.487. The van der Waals surface area contributed by atoms with Crippen LogP contribution in [-0.2, 0) is 4.74 Å². The van der Waals surface area contributed by atoms with E-state index in [4.69, 9.17) is 4.74 Å². The van der Waals surface area contributed by atoms with Gasteiger partial charge in [0.1, 0.15) is 0 Å². The van der Waals surface area contributed by atoms with Crippen molar-refractivity contribution in [2.24, 2.45) is 0 Å². The molecule has 0 atom stereocenters. The van der Waals surface area contributed by atoms with Crippen LogP contribution in [-0.4, -0.2) is 48.8 Å². The predicted molar refractivity (Wildman–Crippen MR) is 91.7 cm³/mol. The van der Waals surface area contributed by atoms with E-state index < -0.39 is 5.54 Å². The highest BCUT2D eigenvalue weighted by molar-refractivity contribution is 14.1. The maximum absolute atomic E-state index is 13.0. The maximum Gasteiger partial charge on any atom is 0.183 e. The number of ketones is 1. The Hall–Kier alpha value is -0.110. The summed E-state index contributed by atoms with van der Waals surface area (Å²) in [7, 11) is 0. The van der Waals surface area contributed by atoms with Gasteiger partial charge in [0.15, 0.2) is 5.78 Å². The average molecular weight is 405 g/mol. The predicted octanol–water partition coefficient (Wildman–Crippen LogP) is 3.31. The number of nitrogens with zero attached hydrogens (tertiary/aromatic N) is 1. The van der Waals surface area contributed by atoms with E-state index in [1.165, 1.54) is 0 Å². The van der Waals surface area contributed by atoms with Gasteiger partial charge >= 0.3 is 0 Å². The standard InChI is InChI=1S/C15H20INO2S/c1-15(2,17-7-9-19-10-8-17)14(18)11-5-4-6-12(16)13(11)20-3/h4-6H,7-10H2,1-3H3. The summed E-state index contributed by atoms with van der Waals surface area (Å²) in [5.74, 6) is 0.197. The zero-order valence-electron chi connectivity index (χ0n) is 12.1. The second-order valence-corrected chi connectivity index (χ2v) is 7.29. The third-order valence-electron chi connectivity index (χ3n) is 3.77. The molecule has 0 radical (unpaired) electrons. The Morgan fingerprint density at radius 3 is 2.60 bits per heavy atom. The molecular formula is C15H20INO2S. The lowest BCUT2D eigenvalue weighted by atomic mass is 9.91. The van der Waals surface area contributed by atoms with E-state index in [1.807, 2.05) is 38.3 Å². The third kappa shape index (κ3) is 3.21. The first kappa shape index (κ1) is 16.3. The molecule has 0 amide bonds. The van der Waals surface area contributed by atoms with Crippen molar-refractivity contribution >= 4 is 40.1 Å². The highest BCUT2D eigenvalue weighted by Crippen LogP contribution is 2.31. The van der Waals surface area contributed by atoms with Gasteiger partial charge in [0.2, 0.25) is 0 Å². The van der Waals surface area contributed by atoms with Crippen LogP contribution in [0.5, 0.6) is 0 Å². The summed E-state index contributed by atoms with van der Waals surface area (Å²) in [5.41, 5.74) is 0.347. The highest BCUT2D eigenvalue weighted by atomic mass is 127. The van der Waals surface area contributed by atoms with Crippen LogP contribution in [0.2, 0.25) is 0 Å². The Kier molecular flexibility index (Phi) is 5.50. The fourth-order valence-corrected chi connectivity index (χ4v) is 4.29. The molecule has 0 N–H and O–H groups in total. The van der Waals surface area contributed by atoms with Crippen LogP contribution in [0.15, 0.2) is 23.1 Å². The molecule has 0 unspecified atom stereocenters. The number of benzene rings is 1. The van der Waals surface area contributed by atoms with Gasteiger partial charge < -0.3 is 4.74 Å². The van der Waals surface area contributed by atoms with Gasteiger partial charge in [0.25, 0.3) is 0 Å². The van der Waals surface area contributed by atoms with Gasteiger partial charge in [-0.1, -0.05) is 12.1 Å². The summed E-state index contributed by atoms with van der Waals surface area (Å²) >= 11 is 3.94. The highest BCUT2D eigenvalue weighted by Gasteiger charge is 2.37. The molecule has 0 aliphatic carbocycles. The van der Waals surface area contributed by atoms with Crippen molar-refractivity contribution in [2.45, 2.75) is 24.3 Å². The molecule has 110 valence electrons. The summed E-state index contributed by atoms with van der Waals surface area (Å²) in [6.07, 6.45) is 2.02. The van der Waals surface area contributed by atoms with Crippen LogP contribution in [0.4, 0.5) is 0 Å². The third-order valence-corrected chi connectivity index (χ3v) is 5.89. The molecule has 1 heterocycles. The van der Waals surface area contributed by atoms with Crippen LogP contribution < -0.4 is 0 Å². The number of carbonyl (C=O) groups excluding carboxylic acids is 1. The Morgan fingerprint density at radius 2 is 2.00 bits per heavy atom. The number of halogens is 1. The van der Waals surface area contributed by atoms with Gasteiger partial charge in [0.05, 0.1) is 18.8 Å². The summed E-state index contributed by atoms with van der Waals surface area (Å²) < 4.78 is 6.52. The average Bonchev–Trinajstić information content (AvgIpc) is 2.47.